The maximum atomic E-state index is 13.0. The van der Waals surface area contributed by atoms with Crippen LogP contribution in [0.2, 0.25) is 0 Å². The normalized spacial score (nSPS) is 16.4. The summed E-state index contributed by atoms with van der Waals surface area (Å²) in [6.45, 7) is 0.324. The molecule has 0 aromatic heterocycles. The van der Waals surface area contributed by atoms with Crippen LogP contribution in [0.4, 0.5) is 9.18 Å². The average Bonchev–Trinajstić information content (AvgIpc) is 2.88. The molecule has 0 radical (unpaired) electrons. The molecule has 2 amide bonds. The number of carboxylic acids is 1. The number of aliphatic carboxylic acids is 1. The maximum absolute atomic E-state index is 13.0. The van der Waals surface area contributed by atoms with Crippen LogP contribution >= 0.6 is 0 Å². The highest BCUT2D eigenvalue weighted by Crippen LogP contribution is 2.29. The van der Waals surface area contributed by atoms with E-state index in [0.29, 0.717) is 25.8 Å². The van der Waals surface area contributed by atoms with Crippen LogP contribution in [0.5, 0.6) is 0 Å². The van der Waals surface area contributed by atoms with Gasteiger partial charge in [-0.25, -0.2) is 14.0 Å². The highest BCUT2D eigenvalue weighted by molar-refractivity contribution is 5.86. The lowest BCUT2D eigenvalue weighted by Gasteiger charge is -2.25. The fourth-order valence-corrected chi connectivity index (χ4v) is 2.65. The first-order valence-corrected chi connectivity index (χ1v) is 7.06. The first-order chi connectivity index (χ1) is 10.0. The van der Waals surface area contributed by atoms with Gasteiger partial charge in [0.15, 0.2) is 0 Å². The fraction of sp³-hybridized carbons (Fsp3) is 0.467. The van der Waals surface area contributed by atoms with E-state index < -0.39 is 17.5 Å². The third-order valence-electron chi connectivity index (χ3n) is 3.81. The van der Waals surface area contributed by atoms with E-state index in [1.54, 1.807) is 12.1 Å². The van der Waals surface area contributed by atoms with Crippen molar-refractivity contribution in [3.8, 4) is 0 Å². The number of carboxylic acid groups (broad SMARTS) is 1. The second-order valence-corrected chi connectivity index (χ2v) is 5.36. The number of nitrogens with one attached hydrogen (secondary N) is 2. The Balaban J connectivity index is 1.81. The van der Waals surface area contributed by atoms with E-state index in [1.165, 1.54) is 12.1 Å². The van der Waals surface area contributed by atoms with Crippen LogP contribution in [-0.4, -0.2) is 29.2 Å². The van der Waals surface area contributed by atoms with Gasteiger partial charge in [-0.3, -0.25) is 0 Å². The van der Waals surface area contributed by atoms with E-state index in [9.17, 15) is 19.1 Å². The summed E-state index contributed by atoms with van der Waals surface area (Å²) in [6.07, 6.45) is 3.01. The van der Waals surface area contributed by atoms with Crippen molar-refractivity contribution >= 4 is 12.0 Å². The van der Waals surface area contributed by atoms with E-state index >= 15 is 0 Å². The van der Waals surface area contributed by atoms with Gasteiger partial charge in [0, 0.05) is 6.54 Å². The predicted octanol–water partition coefficient (Wildman–Crippen LogP) is 2.06. The summed E-state index contributed by atoms with van der Waals surface area (Å²) in [7, 11) is 0. The van der Waals surface area contributed by atoms with E-state index in [1.807, 2.05) is 0 Å². The molecule has 1 aliphatic carbocycles. The molecule has 21 heavy (non-hydrogen) atoms. The molecule has 0 atom stereocenters. The predicted molar refractivity (Wildman–Crippen MR) is 75.5 cm³/mol. The summed E-state index contributed by atoms with van der Waals surface area (Å²) >= 11 is 0. The van der Waals surface area contributed by atoms with Crippen LogP contribution in [0.15, 0.2) is 24.3 Å². The third kappa shape index (κ3) is 3.93. The van der Waals surface area contributed by atoms with E-state index in [0.717, 1.165) is 18.4 Å². The Kier molecular flexibility index (Phi) is 4.77. The molecule has 1 saturated carbocycles. The van der Waals surface area contributed by atoms with Crippen LogP contribution in [0.3, 0.4) is 0 Å². The number of amides is 2. The molecular formula is C15H19FN2O3. The molecule has 1 fully saturated rings. The van der Waals surface area contributed by atoms with Crippen LogP contribution in [0, 0.1) is 5.82 Å². The largest absolute Gasteiger partial charge is 0.480 e. The van der Waals surface area contributed by atoms with Crippen molar-refractivity contribution in [2.45, 2.75) is 37.6 Å². The molecule has 6 heteroatoms. The molecule has 114 valence electrons. The van der Waals surface area contributed by atoms with Crippen LogP contribution in [0.1, 0.15) is 31.2 Å². The summed E-state index contributed by atoms with van der Waals surface area (Å²) in [5.74, 6) is -1.30. The zero-order valence-electron chi connectivity index (χ0n) is 11.7. The van der Waals surface area contributed by atoms with Crippen molar-refractivity contribution in [3.63, 3.8) is 0 Å². The molecule has 1 aliphatic rings. The number of carbonyl (C=O) groups is 2. The SMILES string of the molecule is O=C(NCCc1cccc(F)c1)NC1(C(=O)O)CCCC1. The monoisotopic (exact) mass is 294 g/mol. The van der Waals surface area contributed by atoms with Crippen molar-refractivity contribution in [3.05, 3.63) is 35.6 Å². The molecule has 1 aromatic carbocycles. The minimum Gasteiger partial charge on any atom is -0.480 e. The van der Waals surface area contributed by atoms with Gasteiger partial charge in [0.2, 0.25) is 0 Å². The van der Waals surface area contributed by atoms with E-state index in [4.69, 9.17) is 0 Å². The Morgan fingerprint density at radius 1 is 1.29 bits per heavy atom. The maximum Gasteiger partial charge on any atom is 0.329 e. The second kappa shape index (κ2) is 6.56. The summed E-state index contributed by atoms with van der Waals surface area (Å²) in [5.41, 5.74) is -0.354. The van der Waals surface area contributed by atoms with Gasteiger partial charge in [-0.1, -0.05) is 25.0 Å². The van der Waals surface area contributed by atoms with Gasteiger partial charge in [0.1, 0.15) is 11.4 Å². The van der Waals surface area contributed by atoms with Crippen LogP contribution < -0.4 is 10.6 Å². The number of benzene rings is 1. The first kappa shape index (κ1) is 15.3. The van der Waals surface area contributed by atoms with Crippen molar-refractivity contribution in [1.82, 2.24) is 10.6 Å². The molecule has 3 N–H and O–H groups in total. The van der Waals surface area contributed by atoms with Gasteiger partial charge in [0.05, 0.1) is 0 Å². The van der Waals surface area contributed by atoms with Gasteiger partial charge in [-0.05, 0) is 37.0 Å². The molecule has 0 aliphatic heterocycles. The minimum absolute atomic E-state index is 0.312. The summed E-state index contributed by atoms with van der Waals surface area (Å²) in [6, 6.07) is 5.67. The molecule has 0 heterocycles. The van der Waals surface area contributed by atoms with E-state index in [2.05, 4.69) is 10.6 Å². The number of hydrogen-bond acceptors (Lipinski definition) is 2. The summed E-state index contributed by atoms with van der Waals surface area (Å²) in [5, 5.41) is 14.4. The molecule has 1 aromatic rings. The van der Waals surface area contributed by atoms with Gasteiger partial charge in [0.25, 0.3) is 0 Å². The van der Waals surface area contributed by atoms with Crippen molar-refractivity contribution < 1.29 is 19.1 Å². The number of urea groups is 1. The lowest BCUT2D eigenvalue weighted by atomic mass is 9.98. The number of rotatable bonds is 5. The number of hydrogen-bond donors (Lipinski definition) is 3. The minimum atomic E-state index is -1.14. The smallest absolute Gasteiger partial charge is 0.329 e. The van der Waals surface area contributed by atoms with Crippen LogP contribution in [0.25, 0.3) is 0 Å². The Morgan fingerprint density at radius 2 is 2.00 bits per heavy atom. The summed E-state index contributed by atoms with van der Waals surface area (Å²) < 4.78 is 13.0. The van der Waals surface area contributed by atoms with Crippen molar-refractivity contribution in [2.24, 2.45) is 0 Å². The molecular weight excluding hydrogens is 275 g/mol. The fourth-order valence-electron chi connectivity index (χ4n) is 2.65. The highest BCUT2D eigenvalue weighted by atomic mass is 19.1. The third-order valence-corrected chi connectivity index (χ3v) is 3.81. The Hall–Kier alpha value is -2.11. The van der Waals surface area contributed by atoms with Crippen molar-refractivity contribution in [2.75, 3.05) is 6.54 Å². The van der Waals surface area contributed by atoms with Crippen LogP contribution in [-0.2, 0) is 11.2 Å². The van der Waals surface area contributed by atoms with Gasteiger partial charge in [-0.2, -0.15) is 0 Å². The molecule has 0 spiro atoms. The Bertz CT molecular complexity index is 527. The quantitative estimate of drug-likeness (QED) is 0.778. The standard InChI is InChI=1S/C15H19FN2O3/c16-12-5-3-4-11(10-12)6-9-17-14(21)18-15(13(19)20)7-1-2-8-15/h3-5,10H,1-2,6-9H2,(H,19,20)(H2,17,18,21). The molecule has 2 rings (SSSR count). The average molecular weight is 294 g/mol. The number of carbonyl (C=O) groups excluding carboxylic acids is 1. The first-order valence-electron chi connectivity index (χ1n) is 7.06. The topological polar surface area (TPSA) is 78.4 Å². The van der Waals surface area contributed by atoms with Crippen molar-refractivity contribution in [1.29, 1.82) is 0 Å². The Morgan fingerprint density at radius 3 is 2.62 bits per heavy atom. The van der Waals surface area contributed by atoms with Gasteiger partial charge < -0.3 is 15.7 Å². The molecule has 0 bridgehead atoms. The lowest BCUT2D eigenvalue weighted by Crippen LogP contribution is -2.55. The molecule has 5 nitrogen and oxygen atoms in total. The molecule has 0 saturated heterocycles. The summed E-state index contributed by atoms with van der Waals surface area (Å²) in [4.78, 5) is 23.1. The lowest BCUT2D eigenvalue weighted by molar-refractivity contribution is -0.144. The zero-order chi connectivity index (χ0) is 15.3. The Labute approximate surface area is 122 Å². The van der Waals surface area contributed by atoms with Gasteiger partial charge in [-0.15, -0.1) is 0 Å². The number of halogens is 1. The second-order valence-electron chi connectivity index (χ2n) is 5.36. The zero-order valence-corrected chi connectivity index (χ0v) is 11.7. The van der Waals surface area contributed by atoms with Gasteiger partial charge >= 0.3 is 12.0 Å². The molecule has 0 unspecified atom stereocenters. The van der Waals surface area contributed by atoms with E-state index in [-0.39, 0.29) is 5.82 Å². The highest BCUT2D eigenvalue weighted by Gasteiger charge is 2.42.